The molecular weight excluding hydrogens is 226 g/mol. The predicted octanol–water partition coefficient (Wildman–Crippen LogP) is 2.43. The number of hydrogen-bond acceptors (Lipinski definition) is 3. The van der Waals surface area contributed by atoms with Crippen LogP contribution in [0.15, 0.2) is 24.3 Å². The molecular formula is C15H23NO2. The largest absolute Gasteiger partial charge is 0.491 e. The van der Waals surface area contributed by atoms with E-state index in [1.807, 2.05) is 26.0 Å². The highest BCUT2D eigenvalue weighted by Crippen LogP contribution is 2.18. The summed E-state index contributed by atoms with van der Waals surface area (Å²) >= 11 is 0. The molecule has 1 aliphatic heterocycles. The van der Waals surface area contributed by atoms with Gasteiger partial charge < -0.3 is 9.84 Å². The van der Waals surface area contributed by atoms with Crippen molar-refractivity contribution in [3.8, 4) is 5.75 Å². The SMILES string of the molecule is CC(C)Oc1cccc(CN2CCCC(O)C2)c1. The molecule has 0 aromatic heterocycles. The van der Waals surface area contributed by atoms with E-state index in [4.69, 9.17) is 4.74 Å². The van der Waals surface area contributed by atoms with Gasteiger partial charge in [-0.25, -0.2) is 0 Å². The summed E-state index contributed by atoms with van der Waals surface area (Å²) in [5.74, 6) is 0.931. The number of rotatable bonds is 4. The Morgan fingerprint density at radius 3 is 3.00 bits per heavy atom. The van der Waals surface area contributed by atoms with Crippen molar-refractivity contribution in [1.29, 1.82) is 0 Å². The molecule has 1 atom stereocenters. The minimum Gasteiger partial charge on any atom is -0.491 e. The third-order valence-corrected chi connectivity index (χ3v) is 3.16. The normalized spacial score (nSPS) is 21.2. The maximum Gasteiger partial charge on any atom is 0.120 e. The van der Waals surface area contributed by atoms with Crippen LogP contribution in [0.1, 0.15) is 32.3 Å². The zero-order valence-corrected chi connectivity index (χ0v) is 11.3. The van der Waals surface area contributed by atoms with E-state index in [9.17, 15) is 5.11 Å². The monoisotopic (exact) mass is 249 g/mol. The molecule has 1 unspecified atom stereocenters. The molecule has 0 amide bonds. The van der Waals surface area contributed by atoms with Crippen molar-refractivity contribution in [1.82, 2.24) is 4.90 Å². The lowest BCUT2D eigenvalue weighted by atomic mass is 10.1. The fourth-order valence-electron chi connectivity index (χ4n) is 2.42. The van der Waals surface area contributed by atoms with Crippen LogP contribution in [0.4, 0.5) is 0 Å². The van der Waals surface area contributed by atoms with Crippen LogP contribution in [-0.4, -0.2) is 35.3 Å². The lowest BCUT2D eigenvalue weighted by molar-refractivity contribution is 0.0668. The maximum absolute atomic E-state index is 9.66. The summed E-state index contributed by atoms with van der Waals surface area (Å²) < 4.78 is 5.70. The van der Waals surface area contributed by atoms with E-state index in [0.717, 1.165) is 38.2 Å². The van der Waals surface area contributed by atoms with Crippen LogP contribution in [0.3, 0.4) is 0 Å². The summed E-state index contributed by atoms with van der Waals surface area (Å²) in [7, 11) is 0. The Morgan fingerprint density at radius 2 is 2.28 bits per heavy atom. The summed E-state index contributed by atoms with van der Waals surface area (Å²) in [5, 5.41) is 9.66. The van der Waals surface area contributed by atoms with Crippen molar-refractivity contribution >= 4 is 0 Å². The van der Waals surface area contributed by atoms with Crippen LogP contribution in [0, 0.1) is 0 Å². The fourth-order valence-corrected chi connectivity index (χ4v) is 2.42. The van der Waals surface area contributed by atoms with E-state index in [-0.39, 0.29) is 12.2 Å². The molecule has 0 spiro atoms. The summed E-state index contributed by atoms with van der Waals surface area (Å²) in [4.78, 5) is 2.31. The topological polar surface area (TPSA) is 32.7 Å². The summed E-state index contributed by atoms with van der Waals surface area (Å²) in [5.41, 5.74) is 1.25. The first-order chi connectivity index (χ1) is 8.63. The number of β-amino-alcohol motifs (C(OH)–C–C–N with tert-alkyl or cyclic N) is 1. The van der Waals surface area contributed by atoms with E-state index in [2.05, 4.69) is 17.0 Å². The number of piperidine rings is 1. The van der Waals surface area contributed by atoms with Crippen molar-refractivity contribution in [3.05, 3.63) is 29.8 Å². The molecule has 18 heavy (non-hydrogen) atoms. The van der Waals surface area contributed by atoms with Gasteiger partial charge in [-0.15, -0.1) is 0 Å². The van der Waals surface area contributed by atoms with Gasteiger partial charge in [-0.1, -0.05) is 12.1 Å². The fraction of sp³-hybridized carbons (Fsp3) is 0.600. The quantitative estimate of drug-likeness (QED) is 0.889. The van der Waals surface area contributed by atoms with Gasteiger partial charge >= 0.3 is 0 Å². The molecule has 1 aliphatic rings. The number of ether oxygens (including phenoxy) is 1. The van der Waals surface area contributed by atoms with Gasteiger partial charge in [0.25, 0.3) is 0 Å². The minimum atomic E-state index is -0.158. The van der Waals surface area contributed by atoms with E-state index in [0.29, 0.717) is 0 Å². The van der Waals surface area contributed by atoms with Crippen molar-refractivity contribution in [2.75, 3.05) is 13.1 Å². The first-order valence-electron chi connectivity index (χ1n) is 6.79. The van der Waals surface area contributed by atoms with Gasteiger partial charge in [-0.2, -0.15) is 0 Å². The van der Waals surface area contributed by atoms with Crippen molar-refractivity contribution in [2.45, 2.75) is 45.4 Å². The molecule has 1 aromatic carbocycles. The summed E-state index contributed by atoms with van der Waals surface area (Å²) in [6.45, 7) is 6.83. The van der Waals surface area contributed by atoms with Crippen LogP contribution in [0.25, 0.3) is 0 Å². The van der Waals surface area contributed by atoms with Crippen LogP contribution in [-0.2, 0) is 6.54 Å². The Morgan fingerprint density at radius 1 is 1.44 bits per heavy atom. The van der Waals surface area contributed by atoms with Crippen LogP contribution in [0.5, 0.6) is 5.75 Å². The number of benzene rings is 1. The van der Waals surface area contributed by atoms with Crippen molar-refractivity contribution in [2.24, 2.45) is 0 Å². The Kier molecular flexibility index (Phi) is 4.61. The maximum atomic E-state index is 9.66. The van der Waals surface area contributed by atoms with Crippen LogP contribution >= 0.6 is 0 Å². The zero-order valence-electron chi connectivity index (χ0n) is 11.3. The lowest BCUT2D eigenvalue weighted by Gasteiger charge is -2.30. The Balaban J connectivity index is 1.96. The molecule has 1 heterocycles. The van der Waals surface area contributed by atoms with Gasteiger partial charge in [0.2, 0.25) is 0 Å². The van der Waals surface area contributed by atoms with Crippen molar-refractivity contribution in [3.63, 3.8) is 0 Å². The first kappa shape index (κ1) is 13.4. The highest BCUT2D eigenvalue weighted by Gasteiger charge is 2.17. The molecule has 1 N–H and O–H groups in total. The van der Waals surface area contributed by atoms with Gasteiger partial charge in [0.1, 0.15) is 5.75 Å². The Labute approximate surface area is 109 Å². The minimum absolute atomic E-state index is 0.158. The third-order valence-electron chi connectivity index (χ3n) is 3.16. The molecule has 100 valence electrons. The average molecular weight is 249 g/mol. The van der Waals surface area contributed by atoms with Gasteiger partial charge in [0, 0.05) is 13.1 Å². The second-order valence-corrected chi connectivity index (χ2v) is 5.35. The van der Waals surface area contributed by atoms with E-state index in [1.54, 1.807) is 0 Å². The molecule has 1 fully saturated rings. The Hall–Kier alpha value is -1.06. The Bertz CT molecular complexity index is 379. The third kappa shape index (κ3) is 4.00. The number of nitrogens with zero attached hydrogens (tertiary/aromatic N) is 1. The van der Waals surface area contributed by atoms with E-state index in [1.165, 1.54) is 5.56 Å². The number of aliphatic hydroxyl groups is 1. The molecule has 0 saturated carbocycles. The standard InChI is InChI=1S/C15H23NO2/c1-12(2)18-15-7-3-5-13(9-15)10-16-8-4-6-14(17)11-16/h3,5,7,9,12,14,17H,4,6,8,10-11H2,1-2H3. The highest BCUT2D eigenvalue weighted by atomic mass is 16.5. The number of hydrogen-bond donors (Lipinski definition) is 1. The first-order valence-corrected chi connectivity index (χ1v) is 6.79. The number of likely N-dealkylation sites (tertiary alicyclic amines) is 1. The molecule has 1 aromatic rings. The highest BCUT2D eigenvalue weighted by molar-refractivity contribution is 5.28. The number of aliphatic hydroxyl groups excluding tert-OH is 1. The molecule has 1 saturated heterocycles. The second-order valence-electron chi connectivity index (χ2n) is 5.35. The van der Waals surface area contributed by atoms with Crippen LogP contribution in [0.2, 0.25) is 0 Å². The van der Waals surface area contributed by atoms with E-state index < -0.39 is 0 Å². The smallest absolute Gasteiger partial charge is 0.120 e. The van der Waals surface area contributed by atoms with Gasteiger partial charge in [-0.3, -0.25) is 4.90 Å². The van der Waals surface area contributed by atoms with Crippen LogP contribution < -0.4 is 4.74 Å². The van der Waals surface area contributed by atoms with Crippen molar-refractivity contribution < 1.29 is 9.84 Å². The molecule has 0 bridgehead atoms. The molecule has 3 heteroatoms. The molecule has 0 aliphatic carbocycles. The van der Waals surface area contributed by atoms with E-state index >= 15 is 0 Å². The summed E-state index contributed by atoms with van der Waals surface area (Å²) in [6, 6.07) is 8.25. The lowest BCUT2D eigenvalue weighted by Crippen LogP contribution is -2.37. The van der Waals surface area contributed by atoms with Gasteiger partial charge in [0.15, 0.2) is 0 Å². The predicted molar refractivity (Wildman–Crippen MR) is 72.7 cm³/mol. The molecule has 0 radical (unpaired) electrons. The van der Waals surface area contributed by atoms with Gasteiger partial charge in [0.05, 0.1) is 12.2 Å². The molecule has 2 rings (SSSR count). The van der Waals surface area contributed by atoms with Gasteiger partial charge in [-0.05, 0) is 50.9 Å². The average Bonchev–Trinajstić information content (AvgIpc) is 2.28. The zero-order chi connectivity index (χ0) is 13.0. The second kappa shape index (κ2) is 6.21. The molecule has 3 nitrogen and oxygen atoms in total. The summed E-state index contributed by atoms with van der Waals surface area (Å²) in [6.07, 6.45) is 2.07.